The lowest BCUT2D eigenvalue weighted by atomic mass is 9.89. The van der Waals surface area contributed by atoms with Crippen molar-refractivity contribution in [2.45, 2.75) is 64.0 Å². The first kappa shape index (κ1) is 18.5. The molecule has 1 saturated carbocycles. The molecule has 0 aromatic heterocycles. The van der Waals surface area contributed by atoms with Crippen LogP contribution in [0, 0.1) is 5.82 Å². The summed E-state index contributed by atoms with van der Waals surface area (Å²) >= 11 is 9.07. The van der Waals surface area contributed by atoms with Crippen molar-refractivity contribution in [3.05, 3.63) is 33.0 Å². The second kappa shape index (κ2) is 6.98. The van der Waals surface area contributed by atoms with Gasteiger partial charge in [-0.2, -0.15) is 0 Å². The molecule has 0 spiro atoms. The maximum Gasteiger partial charge on any atom is 0.408 e. The molecule has 3 nitrogen and oxygen atoms in total. The van der Waals surface area contributed by atoms with E-state index in [1.165, 1.54) is 0 Å². The Labute approximate surface area is 150 Å². The van der Waals surface area contributed by atoms with Crippen LogP contribution in [-0.2, 0) is 11.2 Å². The Morgan fingerprint density at radius 2 is 2.00 bits per heavy atom. The third kappa shape index (κ3) is 4.83. The number of hydrogen-bond donors (Lipinski definition) is 1. The molecule has 0 unspecified atom stereocenters. The van der Waals surface area contributed by atoms with E-state index in [1.807, 2.05) is 20.8 Å². The maximum atomic E-state index is 14.0. The molecule has 1 fully saturated rings. The van der Waals surface area contributed by atoms with Gasteiger partial charge in [0.1, 0.15) is 5.60 Å². The number of amides is 1. The minimum absolute atomic E-state index is 0.0844. The van der Waals surface area contributed by atoms with Crippen LogP contribution in [0.2, 0.25) is 5.02 Å². The molecule has 6 heteroatoms. The number of rotatable bonds is 3. The fourth-order valence-electron chi connectivity index (χ4n) is 2.98. The van der Waals surface area contributed by atoms with Gasteiger partial charge < -0.3 is 10.1 Å². The summed E-state index contributed by atoms with van der Waals surface area (Å²) < 4.78 is 19.7. The lowest BCUT2D eigenvalue weighted by molar-refractivity contribution is 0.0456. The van der Waals surface area contributed by atoms with Crippen LogP contribution in [0.1, 0.15) is 52.0 Å². The molecule has 0 atom stereocenters. The Hall–Kier alpha value is -0.810. The maximum absolute atomic E-state index is 14.0. The van der Waals surface area contributed by atoms with Gasteiger partial charge in [0.15, 0.2) is 5.82 Å². The van der Waals surface area contributed by atoms with Crippen molar-refractivity contribution in [1.82, 2.24) is 5.32 Å². The van der Waals surface area contributed by atoms with Crippen molar-refractivity contribution in [2.75, 3.05) is 0 Å². The summed E-state index contributed by atoms with van der Waals surface area (Å²) in [5, 5.41) is 3.11. The number of carbonyl (C=O) groups is 1. The van der Waals surface area contributed by atoms with Crippen LogP contribution in [0.5, 0.6) is 0 Å². The van der Waals surface area contributed by atoms with Gasteiger partial charge in [-0.05, 0) is 67.6 Å². The first-order chi connectivity index (χ1) is 10.6. The van der Waals surface area contributed by atoms with Gasteiger partial charge in [-0.3, -0.25) is 0 Å². The van der Waals surface area contributed by atoms with E-state index >= 15 is 0 Å². The predicted octanol–water partition coefficient (Wildman–Crippen LogP) is 5.62. The van der Waals surface area contributed by atoms with Gasteiger partial charge in [0.2, 0.25) is 0 Å². The van der Waals surface area contributed by atoms with Crippen LogP contribution in [0.15, 0.2) is 16.6 Å². The zero-order chi connectivity index (χ0) is 17.3. The van der Waals surface area contributed by atoms with E-state index < -0.39 is 23.1 Å². The van der Waals surface area contributed by atoms with Crippen molar-refractivity contribution in [3.8, 4) is 0 Å². The van der Waals surface area contributed by atoms with Crippen LogP contribution >= 0.6 is 27.5 Å². The van der Waals surface area contributed by atoms with Crippen molar-refractivity contribution in [3.63, 3.8) is 0 Å². The normalized spacial score (nSPS) is 17.1. The van der Waals surface area contributed by atoms with Crippen molar-refractivity contribution in [1.29, 1.82) is 0 Å². The number of halogens is 3. The Morgan fingerprint density at radius 1 is 1.39 bits per heavy atom. The fraction of sp³-hybridized carbons (Fsp3) is 0.588. The monoisotopic (exact) mass is 405 g/mol. The standard InChI is InChI=1S/C17H22BrClFNO2/c1-16(2,3)23-15(22)21-17(8-4-5-9-17)10-11-6-7-12(19)14(20)13(11)18/h6-7H,4-5,8-10H2,1-3H3,(H,21,22). The van der Waals surface area contributed by atoms with E-state index in [0.29, 0.717) is 10.9 Å². The highest BCUT2D eigenvalue weighted by Gasteiger charge is 2.37. The van der Waals surface area contributed by atoms with Crippen LogP contribution < -0.4 is 5.32 Å². The number of nitrogens with one attached hydrogen (secondary N) is 1. The summed E-state index contributed by atoms with van der Waals surface area (Å²) in [5.74, 6) is -0.463. The molecule has 0 heterocycles. The topological polar surface area (TPSA) is 38.3 Å². The van der Waals surface area contributed by atoms with Crippen molar-refractivity contribution >= 4 is 33.6 Å². The van der Waals surface area contributed by atoms with E-state index in [2.05, 4.69) is 21.2 Å². The molecule has 0 bridgehead atoms. The quantitative estimate of drug-likeness (QED) is 0.661. The van der Waals surface area contributed by atoms with Gasteiger partial charge in [0, 0.05) is 5.54 Å². The lowest BCUT2D eigenvalue weighted by Gasteiger charge is -2.32. The van der Waals surface area contributed by atoms with Crippen LogP contribution in [0.25, 0.3) is 0 Å². The number of carbonyl (C=O) groups excluding carboxylic acids is 1. The minimum Gasteiger partial charge on any atom is -0.444 e. The van der Waals surface area contributed by atoms with Gasteiger partial charge in [0.25, 0.3) is 0 Å². The largest absolute Gasteiger partial charge is 0.444 e. The van der Waals surface area contributed by atoms with Gasteiger partial charge >= 0.3 is 6.09 Å². The average molecular weight is 407 g/mol. The molecule has 2 rings (SSSR count). The second-order valence-electron chi connectivity index (χ2n) is 7.13. The zero-order valence-electron chi connectivity index (χ0n) is 13.6. The van der Waals surface area contributed by atoms with Gasteiger partial charge in [-0.15, -0.1) is 0 Å². The Bertz CT molecular complexity index is 595. The number of benzene rings is 1. The van der Waals surface area contributed by atoms with E-state index in [-0.39, 0.29) is 5.02 Å². The molecule has 1 N–H and O–H groups in total. The number of alkyl carbamates (subject to hydrolysis) is 1. The summed E-state index contributed by atoms with van der Waals surface area (Å²) in [5.41, 5.74) is -0.146. The van der Waals surface area contributed by atoms with E-state index in [9.17, 15) is 9.18 Å². The lowest BCUT2D eigenvalue weighted by Crippen LogP contribution is -2.49. The van der Waals surface area contributed by atoms with Crippen molar-refractivity contribution < 1.29 is 13.9 Å². The Balaban J connectivity index is 2.19. The third-order valence-electron chi connectivity index (χ3n) is 3.97. The second-order valence-corrected chi connectivity index (χ2v) is 8.33. The van der Waals surface area contributed by atoms with Crippen LogP contribution in [0.4, 0.5) is 9.18 Å². The summed E-state index contributed by atoms with van der Waals surface area (Å²) in [6, 6.07) is 3.35. The molecule has 128 valence electrons. The average Bonchev–Trinajstić information content (AvgIpc) is 2.85. The molecule has 0 radical (unpaired) electrons. The Morgan fingerprint density at radius 3 is 2.57 bits per heavy atom. The number of ether oxygens (including phenoxy) is 1. The molecule has 1 aromatic rings. The van der Waals surface area contributed by atoms with E-state index in [1.54, 1.807) is 12.1 Å². The highest BCUT2D eigenvalue weighted by atomic mass is 79.9. The minimum atomic E-state index is -0.545. The first-order valence-electron chi connectivity index (χ1n) is 7.75. The molecule has 1 amide bonds. The number of hydrogen-bond acceptors (Lipinski definition) is 2. The van der Waals surface area contributed by atoms with Gasteiger partial charge in [0.05, 0.1) is 9.50 Å². The zero-order valence-corrected chi connectivity index (χ0v) is 16.0. The van der Waals surface area contributed by atoms with E-state index in [0.717, 1.165) is 31.2 Å². The van der Waals surface area contributed by atoms with Gasteiger partial charge in [-0.1, -0.05) is 30.5 Å². The fourth-order valence-corrected chi connectivity index (χ4v) is 3.74. The third-order valence-corrected chi connectivity index (χ3v) is 5.12. The Kier molecular flexibility index (Phi) is 5.62. The molecular weight excluding hydrogens is 385 g/mol. The summed E-state index contributed by atoms with van der Waals surface area (Å²) in [6.07, 6.45) is 3.88. The van der Waals surface area contributed by atoms with Crippen LogP contribution in [-0.4, -0.2) is 17.2 Å². The molecule has 0 aliphatic heterocycles. The first-order valence-corrected chi connectivity index (χ1v) is 8.93. The SMILES string of the molecule is CC(C)(C)OC(=O)NC1(Cc2ccc(Cl)c(F)c2Br)CCCC1. The molecule has 1 aromatic carbocycles. The smallest absolute Gasteiger partial charge is 0.408 e. The highest BCUT2D eigenvalue weighted by Crippen LogP contribution is 2.36. The van der Waals surface area contributed by atoms with Gasteiger partial charge in [-0.25, -0.2) is 9.18 Å². The summed E-state index contributed by atoms with van der Waals surface area (Å²) in [7, 11) is 0. The van der Waals surface area contributed by atoms with Crippen molar-refractivity contribution in [2.24, 2.45) is 0 Å². The molecular formula is C17H22BrClFNO2. The summed E-state index contributed by atoms with van der Waals surface area (Å²) in [6.45, 7) is 5.50. The molecule has 0 saturated heterocycles. The van der Waals surface area contributed by atoms with Crippen LogP contribution in [0.3, 0.4) is 0 Å². The predicted molar refractivity (Wildman–Crippen MR) is 93.4 cm³/mol. The molecule has 23 heavy (non-hydrogen) atoms. The molecule has 1 aliphatic carbocycles. The van der Waals surface area contributed by atoms with E-state index in [4.69, 9.17) is 16.3 Å². The highest BCUT2D eigenvalue weighted by molar-refractivity contribution is 9.10. The summed E-state index contributed by atoms with van der Waals surface area (Å²) in [4.78, 5) is 12.2. The molecule has 1 aliphatic rings.